The fourth-order valence-corrected chi connectivity index (χ4v) is 2.48. The number of likely N-dealkylation sites (tertiary alicyclic amines) is 1. The summed E-state index contributed by atoms with van der Waals surface area (Å²) in [6.45, 7) is 3.84. The number of nitrogens with zero attached hydrogens (tertiary/aromatic N) is 1. The number of rotatable bonds is 5. The highest BCUT2D eigenvalue weighted by atomic mass is 16.3. The Balaban J connectivity index is 1.99. The van der Waals surface area contributed by atoms with Crippen molar-refractivity contribution in [2.45, 2.75) is 44.9 Å². The van der Waals surface area contributed by atoms with Crippen LogP contribution in [0.3, 0.4) is 0 Å². The summed E-state index contributed by atoms with van der Waals surface area (Å²) in [6, 6.07) is 9.59. The van der Waals surface area contributed by atoms with Gasteiger partial charge in [0.25, 0.3) is 5.91 Å². The zero-order valence-corrected chi connectivity index (χ0v) is 13.7. The van der Waals surface area contributed by atoms with E-state index in [-0.39, 0.29) is 12.1 Å². The van der Waals surface area contributed by atoms with Crippen LogP contribution in [0.2, 0.25) is 0 Å². The third-order valence-electron chi connectivity index (χ3n) is 4.23. The molecule has 5 nitrogen and oxygen atoms in total. The molecule has 0 aliphatic carbocycles. The normalized spacial score (nSPS) is 20.5. The average molecular weight is 316 g/mol. The van der Waals surface area contributed by atoms with E-state index in [0.29, 0.717) is 19.4 Å². The summed E-state index contributed by atoms with van der Waals surface area (Å²) in [5.41, 5.74) is -0.452. The molecular formula is C18H24N2O3. The van der Waals surface area contributed by atoms with Crippen molar-refractivity contribution < 1.29 is 14.7 Å². The van der Waals surface area contributed by atoms with Crippen LogP contribution in [0.1, 0.15) is 38.7 Å². The summed E-state index contributed by atoms with van der Waals surface area (Å²) >= 11 is 0. The molecule has 1 fully saturated rings. The fourth-order valence-electron chi connectivity index (χ4n) is 2.48. The van der Waals surface area contributed by atoms with Gasteiger partial charge in [0.2, 0.25) is 5.91 Å². The molecule has 2 amide bonds. The molecule has 124 valence electrons. The van der Waals surface area contributed by atoms with Crippen molar-refractivity contribution in [2.75, 3.05) is 6.54 Å². The lowest BCUT2D eigenvalue weighted by atomic mass is 10.0. The van der Waals surface area contributed by atoms with Gasteiger partial charge >= 0.3 is 0 Å². The number of hydrogen-bond acceptors (Lipinski definition) is 3. The van der Waals surface area contributed by atoms with E-state index in [1.54, 1.807) is 17.9 Å². The molecule has 1 saturated heterocycles. The topological polar surface area (TPSA) is 69.6 Å². The molecule has 1 heterocycles. The van der Waals surface area contributed by atoms with Crippen molar-refractivity contribution in [3.05, 3.63) is 42.0 Å². The lowest BCUT2D eigenvalue weighted by Gasteiger charge is -2.28. The molecule has 23 heavy (non-hydrogen) atoms. The first-order chi connectivity index (χ1) is 10.9. The maximum absolute atomic E-state index is 12.4. The van der Waals surface area contributed by atoms with Crippen LogP contribution in [0.4, 0.5) is 0 Å². The molecule has 0 unspecified atom stereocenters. The molecule has 2 atom stereocenters. The first-order valence-electron chi connectivity index (χ1n) is 8.01. The largest absolute Gasteiger partial charge is 0.380 e. The smallest absolute Gasteiger partial charge is 0.253 e. The summed E-state index contributed by atoms with van der Waals surface area (Å²) in [6.07, 6.45) is 4.81. The monoisotopic (exact) mass is 316 g/mol. The maximum Gasteiger partial charge on any atom is 0.253 e. The van der Waals surface area contributed by atoms with Gasteiger partial charge in [-0.1, -0.05) is 37.3 Å². The lowest BCUT2D eigenvalue weighted by molar-refractivity contribution is -0.141. The number of nitrogens with one attached hydrogen (secondary N) is 1. The quantitative estimate of drug-likeness (QED) is 0.816. The van der Waals surface area contributed by atoms with Gasteiger partial charge in [0, 0.05) is 12.6 Å². The number of hydrogen-bond donors (Lipinski definition) is 2. The highest BCUT2D eigenvalue weighted by molar-refractivity contribution is 5.92. The van der Waals surface area contributed by atoms with Crippen LogP contribution in [0, 0.1) is 0 Å². The van der Waals surface area contributed by atoms with Gasteiger partial charge in [-0.05, 0) is 37.8 Å². The molecule has 0 radical (unpaired) electrons. The van der Waals surface area contributed by atoms with Crippen LogP contribution < -0.4 is 5.32 Å². The van der Waals surface area contributed by atoms with Crippen molar-refractivity contribution in [1.82, 2.24) is 10.2 Å². The van der Waals surface area contributed by atoms with Gasteiger partial charge in [0.1, 0.15) is 11.8 Å². The number of carbonyl (C=O) groups is 2. The van der Waals surface area contributed by atoms with Gasteiger partial charge in [-0.2, -0.15) is 0 Å². The van der Waals surface area contributed by atoms with Crippen LogP contribution in [-0.4, -0.2) is 40.1 Å². The van der Waals surface area contributed by atoms with Crippen molar-refractivity contribution >= 4 is 17.9 Å². The van der Waals surface area contributed by atoms with Gasteiger partial charge in [0.15, 0.2) is 0 Å². The Labute approximate surface area is 137 Å². The highest BCUT2D eigenvalue weighted by Crippen LogP contribution is 2.18. The molecule has 1 aromatic rings. The van der Waals surface area contributed by atoms with Gasteiger partial charge in [-0.3, -0.25) is 9.59 Å². The Morgan fingerprint density at radius 3 is 2.74 bits per heavy atom. The van der Waals surface area contributed by atoms with Crippen LogP contribution in [0.5, 0.6) is 0 Å². The minimum Gasteiger partial charge on any atom is -0.380 e. The van der Waals surface area contributed by atoms with Crippen LogP contribution >= 0.6 is 0 Å². The zero-order valence-electron chi connectivity index (χ0n) is 13.7. The summed E-state index contributed by atoms with van der Waals surface area (Å²) in [7, 11) is 0. The Hall–Kier alpha value is -2.14. The molecule has 1 aliphatic rings. The number of aliphatic hydroxyl groups is 1. The van der Waals surface area contributed by atoms with Crippen molar-refractivity contribution in [2.24, 2.45) is 0 Å². The Morgan fingerprint density at radius 2 is 2.09 bits per heavy atom. The van der Waals surface area contributed by atoms with Crippen LogP contribution in [0.15, 0.2) is 36.4 Å². The third-order valence-corrected chi connectivity index (χ3v) is 4.23. The zero-order chi connectivity index (χ0) is 16.9. The van der Waals surface area contributed by atoms with E-state index >= 15 is 0 Å². The van der Waals surface area contributed by atoms with Crippen molar-refractivity contribution in [3.8, 4) is 0 Å². The molecule has 0 spiro atoms. The minimum atomic E-state index is -1.41. The minimum absolute atomic E-state index is 0.132. The molecule has 0 saturated carbocycles. The molecule has 2 rings (SSSR count). The SMILES string of the molecule is CC[C@@](C)(O)C(=O)N[C@H]1CCCN1C(=O)/C=C/c1ccccc1. The highest BCUT2D eigenvalue weighted by Gasteiger charge is 2.34. The Kier molecular flexibility index (Phi) is 5.55. The van der Waals surface area contributed by atoms with E-state index in [0.717, 1.165) is 12.0 Å². The molecule has 0 bridgehead atoms. The van der Waals surface area contributed by atoms with Gasteiger partial charge in [0.05, 0.1) is 0 Å². The van der Waals surface area contributed by atoms with Crippen molar-refractivity contribution in [3.63, 3.8) is 0 Å². The molecular weight excluding hydrogens is 292 g/mol. The molecule has 1 aromatic carbocycles. The van der Waals surface area contributed by atoms with E-state index in [4.69, 9.17) is 0 Å². The number of amides is 2. The Morgan fingerprint density at radius 1 is 1.39 bits per heavy atom. The first kappa shape index (κ1) is 17.2. The predicted molar refractivity (Wildman–Crippen MR) is 89.3 cm³/mol. The first-order valence-corrected chi connectivity index (χ1v) is 8.01. The number of benzene rings is 1. The van der Waals surface area contributed by atoms with Gasteiger partial charge in [-0.25, -0.2) is 0 Å². The second-order valence-electron chi connectivity index (χ2n) is 6.03. The van der Waals surface area contributed by atoms with Crippen molar-refractivity contribution in [1.29, 1.82) is 0 Å². The van der Waals surface area contributed by atoms with Crippen LogP contribution in [-0.2, 0) is 9.59 Å². The summed E-state index contributed by atoms with van der Waals surface area (Å²) in [4.78, 5) is 26.1. The standard InChI is InChI=1S/C18H24N2O3/c1-3-18(2,23)17(22)19-15-10-7-13-20(15)16(21)12-11-14-8-5-4-6-9-14/h4-6,8-9,11-12,15,23H,3,7,10,13H2,1-2H3,(H,19,22)/b12-11+/t15-,18-/m1/s1. The lowest BCUT2D eigenvalue weighted by Crippen LogP contribution is -2.53. The molecule has 5 heteroatoms. The molecule has 0 aromatic heterocycles. The van der Waals surface area contributed by atoms with Gasteiger partial charge < -0.3 is 15.3 Å². The van der Waals surface area contributed by atoms with E-state index in [2.05, 4.69) is 5.32 Å². The second-order valence-corrected chi connectivity index (χ2v) is 6.03. The van der Waals surface area contributed by atoms with E-state index in [1.165, 1.54) is 13.0 Å². The fraction of sp³-hybridized carbons (Fsp3) is 0.444. The average Bonchev–Trinajstić information content (AvgIpc) is 3.01. The molecule has 2 N–H and O–H groups in total. The third kappa shape index (κ3) is 4.42. The van der Waals surface area contributed by atoms with Gasteiger partial charge in [-0.15, -0.1) is 0 Å². The summed E-state index contributed by atoms with van der Waals surface area (Å²) < 4.78 is 0. The maximum atomic E-state index is 12.4. The summed E-state index contributed by atoms with van der Waals surface area (Å²) in [5, 5.41) is 12.8. The Bertz CT molecular complexity index is 581. The van der Waals surface area contributed by atoms with E-state index in [1.807, 2.05) is 30.3 Å². The predicted octanol–water partition coefficient (Wildman–Crippen LogP) is 1.93. The number of carbonyl (C=O) groups excluding carboxylic acids is 2. The summed E-state index contributed by atoms with van der Waals surface area (Å²) in [5.74, 6) is -0.565. The second kappa shape index (κ2) is 7.42. The van der Waals surface area contributed by atoms with E-state index in [9.17, 15) is 14.7 Å². The van der Waals surface area contributed by atoms with E-state index < -0.39 is 11.5 Å². The van der Waals surface area contributed by atoms with Crippen LogP contribution in [0.25, 0.3) is 6.08 Å². The molecule has 1 aliphatic heterocycles.